The van der Waals surface area contributed by atoms with Gasteiger partial charge in [-0.3, -0.25) is 4.98 Å². The van der Waals surface area contributed by atoms with Gasteiger partial charge in [0.25, 0.3) is 0 Å². The molecular formula is C14H15NO2. The summed E-state index contributed by atoms with van der Waals surface area (Å²) in [6, 6.07) is 11.4. The van der Waals surface area contributed by atoms with Crippen LogP contribution in [0.2, 0.25) is 0 Å². The number of ether oxygens (including phenoxy) is 1. The first-order chi connectivity index (χ1) is 8.25. The fourth-order valence-electron chi connectivity index (χ4n) is 1.48. The molecule has 0 saturated carbocycles. The van der Waals surface area contributed by atoms with E-state index < -0.39 is 6.10 Å². The fourth-order valence-corrected chi connectivity index (χ4v) is 1.48. The number of aryl methyl sites for hydroxylation is 1. The summed E-state index contributed by atoms with van der Waals surface area (Å²) in [6.07, 6.45) is 2.67. The molecule has 0 radical (unpaired) electrons. The lowest BCUT2D eigenvalue weighted by Gasteiger charge is -2.12. The van der Waals surface area contributed by atoms with Crippen LogP contribution in [-0.2, 0) is 0 Å². The van der Waals surface area contributed by atoms with Crippen LogP contribution >= 0.6 is 0 Å². The Morgan fingerprint density at radius 2 is 2.00 bits per heavy atom. The van der Waals surface area contributed by atoms with Crippen molar-refractivity contribution in [2.45, 2.75) is 13.0 Å². The zero-order chi connectivity index (χ0) is 12.1. The Morgan fingerprint density at radius 3 is 2.65 bits per heavy atom. The number of aromatic nitrogens is 1. The highest BCUT2D eigenvalue weighted by Crippen LogP contribution is 2.16. The summed E-state index contributed by atoms with van der Waals surface area (Å²) < 4.78 is 5.50. The van der Waals surface area contributed by atoms with Crippen molar-refractivity contribution in [2.75, 3.05) is 6.61 Å². The van der Waals surface area contributed by atoms with E-state index in [1.165, 1.54) is 5.56 Å². The molecule has 0 aliphatic rings. The van der Waals surface area contributed by atoms with Gasteiger partial charge in [0.15, 0.2) is 0 Å². The second-order valence-electron chi connectivity index (χ2n) is 3.93. The first-order valence-corrected chi connectivity index (χ1v) is 5.53. The van der Waals surface area contributed by atoms with Crippen molar-refractivity contribution in [3.05, 3.63) is 59.9 Å². The zero-order valence-corrected chi connectivity index (χ0v) is 9.71. The molecule has 88 valence electrons. The summed E-state index contributed by atoms with van der Waals surface area (Å²) in [5, 5.41) is 9.87. The van der Waals surface area contributed by atoms with Gasteiger partial charge in [0, 0.05) is 18.0 Å². The van der Waals surface area contributed by atoms with Gasteiger partial charge in [-0.2, -0.15) is 0 Å². The minimum Gasteiger partial charge on any atom is -0.491 e. The molecule has 17 heavy (non-hydrogen) atoms. The lowest BCUT2D eigenvalue weighted by molar-refractivity contribution is 0.108. The van der Waals surface area contributed by atoms with Crippen molar-refractivity contribution < 1.29 is 9.84 Å². The van der Waals surface area contributed by atoms with Crippen LogP contribution in [0.4, 0.5) is 0 Å². The first-order valence-electron chi connectivity index (χ1n) is 5.53. The standard InChI is InChI=1S/C14H15NO2/c1-11-4-6-13(7-5-11)17-10-14(16)12-3-2-8-15-9-12/h2-9,14,16H,10H2,1H3. The summed E-state index contributed by atoms with van der Waals surface area (Å²) in [5.41, 5.74) is 1.95. The number of pyridine rings is 1. The van der Waals surface area contributed by atoms with E-state index in [2.05, 4.69) is 4.98 Å². The third-order valence-electron chi connectivity index (χ3n) is 2.50. The molecule has 0 bridgehead atoms. The van der Waals surface area contributed by atoms with Crippen LogP contribution in [0, 0.1) is 6.92 Å². The average molecular weight is 229 g/mol. The van der Waals surface area contributed by atoms with Gasteiger partial charge in [-0.25, -0.2) is 0 Å². The van der Waals surface area contributed by atoms with Gasteiger partial charge in [0.05, 0.1) is 0 Å². The second kappa shape index (κ2) is 5.46. The molecule has 0 spiro atoms. The summed E-state index contributed by atoms with van der Waals surface area (Å²) >= 11 is 0. The third-order valence-corrected chi connectivity index (χ3v) is 2.50. The van der Waals surface area contributed by atoms with Crippen molar-refractivity contribution >= 4 is 0 Å². The highest BCUT2D eigenvalue weighted by molar-refractivity contribution is 5.26. The minimum atomic E-state index is -0.648. The molecule has 1 aromatic heterocycles. The topological polar surface area (TPSA) is 42.4 Å². The molecule has 0 saturated heterocycles. The van der Waals surface area contributed by atoms with Gasteiger partial charge < -0.3 is 9.84 Å². The molecule has 0 fully saturated rings. The minimum absolute atomic E-state index is 0.231. The number of aliphatic hydroxyl groups is 1. The fraction of sp³-hybridized carbons (Fsp3) is 0.214. The maximum absolute atomic E-state index is 9.87. The van der Waals surface area contributed by atoms with Crippen LogP contribution in [0.5, 0.6) is 5.75 Å². The van der Waals surface area contributed by atoms with Gasteiger partial charge in [0.2, 0.25) is 0 Å². The van der Waals surface area contributed by atoms with Crippen molar-refractivity contribution in [2.24, 2.45) is 0 Å². The Morgan fingerprint density at radius 1 is 1.24 bits per heavy atom. The van der Waals surface area contributed by atoms with E-state index in [0.29, 0.717) is 0 Å². The van der Waals surface area contributed by atoms with Crippen LogP contribution in [-0.4, -0.2) is 16.7 Å². The average Bonchev–Trinajstić information content (AvgIpc) is 2.39. The van der Waals surface area contributed by atoms with Crippen LogP contribution in [0.15, 0.2) is 48.8 Å². The van der Waals surface area contributed by atoms with Gasteiger partial charge in [0.1, 0.15) is 18.5 Å². The maximum atomic E-state index is 9.87. The summed E-state index contributed by atoms with van der Waals surface area (Å²) in [5.74, 6) is 0.763. The molecule has 3 heteroatoms. The molecule has 0 aliphatic heterocycles. The van der Waals surface area contributed by atoms with Crippen molar-refractivity contribution in [3.8, 4) is 5.75 Å². The lowest BCUT2D eigenvalue weighted by Crippen LogP contribution is -2.09. The molecule has 1 atom stereocenters. The Bertz CT molecular complexity index is 453. The highest BCUT2D eigenvalue weighted by atomic mass is 16.5. The molecule has 0 amide bonds. The van der Waals surface area contributed by atoms with Crippen molar-refractivity contribution in [3.63, 3.8) is 0 Å². The van der Waals surface area contributed by atoms with Crippen LogP contribution in [0.25, 0.3) is 0 Å². The SMILES string of the molecule is Cc1ccc(OCC(O)c2cccnc2)cc1. The lowest BCUT2D eigenvalue weighted by atomic mass is 10.2. The molecule has 0 aliphatic carbocycles. The smallest absolute Gasteiger partial charge is 0.119 e. The third kappa shape index (κ3) is 3.29. The van der Waals surface area contributed by atoms with Crippen LogP contribution < -0.4 is 4.74 Å². The quantitative estimate of drug-likeness (QED) is 0.875. The second-order valence-corrected chi connectivity index (χ2v) is 3.93. The van der Waals surface area contributed by atoms with Crippen LogP contribution in [0.1, 0.15) is 17.2 Å². The van der Waals surface area contributed by atoms with Crippen molar-refractivity contribution in [1.29, 1.82) is 0 Å². The van der Waals surface area contributed by atoms with E-state index in [-0.39, 0.29) is 6.61 Å². The predicted molar refractivity (Wildman–Crippen MR) is 65.9 cm³/mol. The van der Waals surface area contributed by atoms with E-state index in [1.54, 1.807) is 18.5 Å². The summed E-state index contributed by atoms with van der Waals surface area (Å²) in [4.78, 5) is 3.96. The molecule has 2 rings (SSSR count). The number of rotatable bonds is 4. The number of benzene rings is 1. The van der Waals surface area contributed by atoms with E-state index in [1.807, 2.05) is 37.3 Å². The number of nitrogens with zero attached hydrogens (tertiary/aromatic N) is 1. The highest BCUT2D eigenvalue weighted by Gasteiger charge is 2.07. The molecule has 1 unspecified atom stereocenters. The van der Waals surface area contributed by atoms with E-state index in [0.717, 1.165) is 11.3 Å². The van der Waals surface area contributed by atoms with Crippen molar-refractivity contribution in [1.82, 2.24) is 4.98 Å². The molecule has 3 nitrogen and oxygen atoms in total. The molecule has 2 aromatic rings. The molecule has 1 N–H and O–H groups in total. The van der Waals surface area contributed by atoms with Gasteiger partial charge in [-0.05, 0) is 25.1 Å². The normalized spacial score (nSPS) is 12.1. The molecule has 1 heterocycles. The molecule has 1 aromatic carbocycles. The Balaban J connectivity index is 1.92. The van der Waals surface area contributed by atoms with Crippen LogP contribution in [0.3, 0.4) is 0 Å². The van der Waals surface area contributed by atoms with E-state index in [9.17, 15) is 5.11 Å². The maximum Gasteiger partial charge on any atom is 0.119 e. The monoisotopic (exact) mass is 229 g/mol. The Kier molecular flexibility index (Phi) is 3.73. The zero-order valence-electron chi connectivity index (χ0n) is 9.71. The van der Waals surface area contributed by atoms with Gasteiger partial charge in [-0.1, -0.05) is 23.8 Å². The Hall–Kier alpha value is -1.87. The van der Waals surface area contributed by atoms with Gasteiger partial charge in [-0.15, -0.1) is 0 Å². The number of hydrogen-bond acceptors (Lipinski definition) is 3. The summed E-state index contributed by atoms with van der Waals surface area (Å²) in [7, 11) is 0. The molecular weight excluding hydrogens is 214 g/mol. The number of hydrogen-bond donors (Lipinski definition) is 1. The van der Waals surface area contributed by atoms with E-state index in [4.69, 9.17) is 4.74 Å². The largest absolute Gasteiger partial charge is 0.491 e. The van der Waals surface area contributed by atoms with Gasteiger partial charge >= 0.3 is 0 Å². The van der Waals surface area contributed by atoms with E-state index >= 15 is 0 Å². The first kappa shape index (κ1) is 11.6. The summed E-state index contributed by atoms with van der Waals surface area (Å²) in [6.45, 7) is 2.25. The predicted octanol–water partition coefficient (Wildman–Crippen LogP) is 2.50. The number of aliphatic hydroxyl groups excluding tert-OH is 1. The Labute approximate surface area is 101 Å².